The minimum absolute atomic E-state index is 0.113. The van der Waals surface area contributed by atoms with Crippen molar-refractivity contribution >= 4 is 11.7 Å². The molecule has 0 bridgehead atoms. The van der Waals surface area contributed by atoms with Gasteiger partial charge < -0.3 is 11.1 Å². The second kappa shape index (κ2) is 3.65. The molecule has 6 nitrogen and oxygen atoms in total. The Morgan fingerprint density at radius 2 is 2.57 bits per heavy atom. The minimum atomic E-state index is 0.113. The Bertz CT molecular complexity index is 334. The van der Waals surface area contributed by atoms with Crippen LogP contribution in [0.4, 0.5) is 5.82 Å². The largest absolute Gasteiger partial charge is 0.381 e. The van der Waals surface area contributed by atoms with Crippen molar-refractivity contribution in [2.45, 2.75) is 19.4 Å². The van der Waals surface area contributed by atoms with Crippen molar-refractivity contribution in [2.75, 3.05) is 12.3 Å². The van der Waals surface area contributed by atoms with Crippen LogP contribution in [-0.2, 0) is 11.3 Å². The van der Waals surface area contributed by atoms with Crippen molar-refractivity contribution in [3.63, 3.8) is 0 Å². The highest BCUT2D eigenvalue weighted by Gasteiger charge is 2.23. The number of aromatic nitrogens is 3. The maximum atomic E-state index is 11.2. The maximum absolute atomic E-state index is 11.2. The van der Waals surface area contributed by atoms with Crippen LogP contribution in [-0.4, -0.2) is 27.4 Å². The number of hydrogen-bond acceptors (Lipinski definition) is 4. The summed E-state index contributed by atoms with van der Waals surface area (Å²) >= 11 is 0. The molecular weight excluding hydrogens is 182 g/mol. The van der Waals surface area contributed by atoms with E-state index < -0.39 is 0 Å². The molecule has 2 heterocycles. The molecule has 2 rings (SSSR count). The third kappa shape index (κ3) is 1.84. The standard InChI is InChI=1S/C8H13N5O/c9-7-5-11-13(12-7)4-2-6-1-3-10-8(6)14/h5-6H,1-4H2,(H2,9,12)(H,10,14). The summed E-state index contributed by atoms with van der Waals surface area (Å²) in [5.74, 6) is 0.674. The average Bonchev–Trinajstić information content (AvgIpc) is 2.72. The SMILES string of the molecule is Nc1cnn(CCC2CCNC2=O)n1. The van der Waals surface area contributed by atoms with Gasteiger partial charge in [-0.05, 0) is 12.8 Å². The lowest BCUT2D eigenvalue weighted by Gasteiger charge is -2.04. The smallest absolute Gasteiger partial charge is 0.223 e. The van der Waals surface area contributed by atoms with E-state index in [1.165, 1.54) is 11.0 Å². The first kappa shape index (κ1) is 8.98. The van der Waals surface area contributed by atoms with Crippen LogP contribution >= 0.6 is 0 Å². The Balaban J connectivity index is 1.85. The van der Waals surface area contributed by atoms with E-state index in [2.05, 4.69) is 15.5 Å². The van der Waals surface area contributed by atoms with E-state index in [1.54, 1.807) is 0 Å². The lowest BCUT2D eigenvalue weighted by atomic mass is 10.0. The summed E-state index contributed by atoms with van der Waals surface area (Å²) in [4.78, 5) is 12.7. The molecular formula is C8H13N5O. The van der Waals surface area contributed by atoms with Gasteiger partial charge >= 0.3 is 0 Å². The number of nitrogens with two attached hydrogens (primary N) is 1. The highest BCUT2D eigenvalue weighted by molar-refractivity contribution is 5.80. The van der Waals surface area contributed by atoms with Gasteiger partial charge in [0.25, 0.3) is 0 Å². The molecule has 1 aliphatic rings. The zero-order valence-electron chi connectivity index (χ0n) is 7.81. The number of rotatable bonds is 3. The first-order valence-corrected chi connectivity index (χ1v) is 4.69. The predicted molar refractivity (Wildman–Crippen MR) is 50.2 cm³/mol. The van der Waals surface area contributed by atoms with Gasteiger partial charge in [-0.3, -0.25) is 4.79 Å². The van der Waals surface area contributed by atoms with Gasteiger partial charge in [-0.15, -0.1) is 5.10 Å². The second-order valence-electron chi connectivity index (χ2n) is 3.43. The van der Waals surface area contributed by atoms with E-state index in [-0.39, 0.29) is 11.8 Å². The van der Waals surface area contributed by atoms with Crippen LogP contribution in [0.15, 0.2) is 6.20 Å². The van der Waals surface area contributed by atoms with Crippen molar-refractivity contribution in [1.82, 2.24) is 20.3 Å². The number of carbonyl (C=O) groups is 1. The first-order chi connectivity index (χ1) is 6.75. The number of hydrogen-bond donors (Lipinski definition) is 2. The van der Waals surface area contributed by atoms with E-state index in [1.807, 2.05) is 0 Å². The fourth-order valence-corrected chi connectivity index (χ4v) is 1.61. The molecule has 6 heteroatoms. The Labute approximate surface area is 81.5 Å². The highest BCUT2D eigenvalue weighted by Crippen LogP contribution is 2.14. The van der Waals surface area contributed by atoms with Crippen LogP contribution in [0.2, 0.25) is 0 Å². The minimum Gasteiger partial charge on any atom is -0.381 e. The van der Waals surface area contributed by atoms with Gasteiger partial charge in [-0.25, -0.2) is 0 Å². The maximum Gasteiger partial charge on any atom is 0.223 e. The molecule has 1 aromatic rings. The number of nitrogens with one attached hydrogen (secondary N) is 1. The van der Waals surface area contributed by atoms with Crippen LogP contribution in [0.25, 0.3) is 0 Å². The molecule has 1 unspecified atom stereocenters. The van der Waals surface area contributed by atoms with Crippen molar-refractivity contribution in [1.29, 1.82) is 0 Å². The molecule has 1 saturated heterocycles. The van der Waals surface area contributed by atoms with Crippen molar-refractivity contribution in [3.8, 4) is 0 Å². The Morgan fingerprint density at radius 3 is 3.14 bits per heavy atom. The van der Waals surface area contributed by atoms with E-state index in [4.69, 9.17) is 5.73 Å². The number of carbonyl (C=O) groups excluding carboxylic acids is 1. The number of amides is 1. The fraction of sp³-hybridized carbons (Fsp3) is 0.625. The van der Waals surface area contributed by atoms with E-state index >= 15 is 0 Å². The first-order valence-electron chi connectivity index (χ1n) is 4.69. The summed E-state index contributed by atoms with van der Waals surface area (Å²) in [6.45, 7) is 1.44. The van der Waals surface area contributed by atoms with Gasteiger partial charge in [0.05, 0.1) is 12.7 Å². The third-order valence-corrected chi connectivity index (χ3v) is 2.39. The van der Waals surface area contributed by atoms with Crippen LogP contribution in [0.5, 0.6) is 0 Å². The summed E-state index contributed by atoms with van der Waals surface area (Å²) in [6, 6.07) is 0. The van der Waals surface area contributed by atoms with Crippen LogP contribution in [0.3, 0.4) is 0 Å². The molecule has 0 aromatic carbocycles. The topological polar surface area (TPSA) is 85.8 Å². The number of anilines is 1. The average molecular weight is 195 g/mol. The van der Waals surface area contributed by atoms with Gasteiger partial charge in [-0.2, -0.15) is 9.90 Å². The van der Waals surface area contributed by atoms with Crippen LogP contribution in [0.1, 0.15) is 12.8 Å². The molecule has 3 N–H and O–H groups in total. The summed E-state index contributed by atoms with van der Waals surface area (Å²) in [7, 11) is 0. The molecule has 1 atom stereocenters. The molecule has 0 saturated carbocycles. The summed E-state index contributed by atoms with van der Waals surface area (Å²) < 4.78 is 0. The molecule has 1 amide bonds. The monoisotopic (exact) mass is 195 g/mol. The zero-order chi connectivity index (χ0) is 9.97. The summed E-state index contributed by atoms with van der Waals surface area (Å²) in [5, 5.41) is 10.7. The molecule has 1 aliphatic heterocycles. The lowest BCUT2D eigenvalue weighted by Crippen LogP contribution is -2.20. The van der Waals surface area contributed by atoms with Crippen molar-refractivity contribution in [3.05, 3.63) is 6.20 Å². The molecule has 76 valence electrons. The van der Waals surface area contributed by atoms with Gasteiger partial charge in [0, 0.05) is 12.5 Å². The summed E-state index contributed by atoms with van der Waals surface area (Å²) in [5.41, 5.74) is 5.42. The van der Waals surface area contributed by atoms with Gasteiger partial charge in [0.15, 0.2) is 5.82 Å². The fourth-order valence-electron chi connectivity index (χ4n) is 1.61. The van der Waals surface area contributed by atoms with E-state index in [0.29, 0.717) is 12.4 Å². The number of aryl methyl sites for hydroxylation is 1. The molecule has 0 aliphatic carbocycles. The molecule has 14 heavy (non-hydrogen) atoms. The second-order valence-corrected chi connectivity index (χ2v) is 3.43. The number of nitrogen functional groups attached to an aromatic ring is 1. The Morgan fingerprint density at radius 1 is 1.71 bits per heavy atom. The van der Waals surface area contributed by atoms with E-state index in [0.717, 1.165) is 19.4 Å². The quantitative estimate of drug-likeness (QED) is 0.673. The summed E-state index contributed by atoms with van der Waals surface area (Å²) in [6.07, 6.45) is 3.20. The Kier molecular flexibility index (Phi) is 2.34. The normalized spacial score (nSPS) is 21.1. The lowest BCUT2D eigenvalue weighted by molar-refractivity contribution is -0.122. The predicted octanol–water partition coefficient (Wildman–Crippen LogP) is -0.614. The van der Waals surface area contributed by atoms with Crippen molar-refractivity contribution < 1.29 is 4.79 Å². The Hall–Kier alpha value is -1.59. The van der Waals surface area contributed by atoms with E-state index in [9.17, 15) is 4.79 Å². The van der Waals surface area contributed by atoms with Gasteiger partial charge in [0.2, 0.25) is 5.91 Å². The van der Waals surface area contributed by atoms with Crippen LogP contribution in [0, 0.1) is 5.92 Å². The van der Waals surface area contributed by atoms with Gasteiger partial charge in [-0.1, -0.05) is 0 Å². The zero-order valence-corrected chi connectivity index (χ0v) is 7.81. The molecule has 1 aromatic heterocycles. The van der Waals surface area contributed by atoms with Crippen molar-refractivity contribution in [2.24, 2.45) is 5.92 Å². The molecule has 0 spiro atoms. The number of nitrogens with zero attached hydrogens (tertiary/aromatic N) is 3. The van der Waals surface area contributed by atoms with Crippen LogP contribution < -0.4 is 11.1 Å². The van der Waals surface area contributed by atoms with Gasteiger partial charge in [0.1, 0.15) is 0 Å². The molecule has 0 radical (unpaired) electrons. The third-order valence-electron chi connectivity index (χ3n) is 2.39. The molecule has 1 fully saturated rings. The highest BCUT2D eigenvalue weighted by atomic mass is 16.2.